The van der Waals surface area contributed by atoms with Gasteiger partial charge in [0.25, 0.3) is 10.0 Å². The lowest BCUT2D eigenvalue weighted by Gasteiger charge is -2.13. The third kappa shape index (κ3) is 4.12. The first-order valence-electron chi connectivity index (χ1n) is 7.81. The number of hydrogen-bond acceptors (Lipinski definition) is 5. The van der Waals surface area contributed by atoms with Crippen LogP contribution in [0.15, 0.2) is 50.2 Å². The predicted molar refractivity (Wildman–Crippen MR) is 108 cm³/mol. The monoisotopic (exact) mass is 470 g/mol. The van der Waals surface area contributed by atoms with Crippen LogP contribution in [-0.4, -0.2) is 20.5 Å². The van der Waals surface area contributed by atoms with Crippen molar-refractivity contribution in [3.05, 3.63) is 57.3 Å². The van der Waals surface area contributed by atoms with Gasteiger partial charge in [-0.15, -0.1) is 0 Å². The number of nitrogens with zero attached hydrogens (tertiary/aromatic N) is 1. The molecule has 0 aliphatic heterocycles. The molecule has 0 atom stereocenters. The Morgan fingerprint density at radius 1 is 1.22 bits per heavy atom. The molecule has 3 aromatic rings. The van der Waals surface area contributed by atoms with Crippen LogP contribution in [0, 0.1) is 13.8 Å². The first-order chi connectivity index (χ1) is 12.7. The Labute approximate surface area is 170 Å². The number of ether oxygens (including phenoxy) is 1. The minimum atomic E-state index is -3.94. The van der Waals surface area contributed by atoms with Gasteiger partial charge >= 0.3 is 0 Å². The van der Waals surface area contributed by atoms with Crippen LogP contribution >= 0.6 is 27.5 Å². The Morgan fingerprint density at radius 2 is 1.96 bits per heavy atom. The van der Waals surface area contributed by atoms with Crippen LogP contribution in [0.5, 0.6) is 5.75 Å². The molecule has 142 valence electrons. The van der Waals surface area contributed by atoms with Gasteiger partial charge in [0.05, 0.1) is 17.3 Å². The fourth-order valence-electron chi connectivity index (χ4n) is 2.46. The van der Waals surface area contributed by atoms with Crippen LogP contribution in [0.3, 0.4) is 0 Å². The lowest BCUT2D eigenvalue weighted by molar-refractivity contribution is 0.400. The SMILES string of the molecule is COc1c(Br)cc(Cl)cc1S(=O)(=O)Nc1cccc(-c2nc(C)c(C)o2)c1. The fourth-order valence-corrected chi connectivity index (χ4v) is 4.89. The normalized spacial score (nSPS) is 11.4. The molecule has 0 bridgehead atoms. The molecule has 3 rings (SSSR count). The number of oxazole rings is 1. The molecule has 0 radical (unpaired) electrons. The summed E-state index contributed by atoms with van der Waals surface area (Å²) in [4.78, 5) is 4.27. The molecule has 0 aliphatic rings. The van der Waals surface area contributed by atoms with Crippen LogP contribution in [-0.2, 0) is 10.0 Å². The number of anilines is 1. The third-order valence-electron chi connectivity index (χ3n) is 3.86. The highest BCUT2D eigenvalue weighted by Crippen LogP contribution is 2.36. The van der Waals surface area contributed by atoms with Crippen molar-refractivity contribution in [2.45, 2.75) is 18.7 Å². The summed E-state index contributed by atoms with van der Waals surface area (Å²) >= 11 is 9.28. The maximum Gasteiger partial charge on any atom is 0.265 e. The largest absolute Gasteiger partial charge is 0.494 e. The molecule has 1 N–H and O–H groups in total. The molecule has 0 saturated carbocycles. The molecular weight excluding hydrogens is 456 g/mol. The van der Waals surface area contributed by atoms with E-state index in [1.54, 1.807) is 30.3 Å². The molecule has 0 spiro atoms. The third-order valence-corrected chi connectivity index (χ3v) is 6.05. The zero-order chi connectivity index (χ0) is 19.8. The van der Waals surface area contributed by atoms with Gasteiger partial charge in [-0.05, 0) is 60.1 Å². The van der Waals surface area contributed by atoms with Crippen molar-refractivity contribution in [1.29, 1.82) is 0 Å². The molecule has 1 aromatic heterocycles. The van der Waals surface area contributed by atoms with Crippen molar-refractivity contribution in [2.75, 3.05) is 11.8 Å². The number of benzene rings is 2. The highest BCUT2D eigenvalue weighted by atomic mass is 79.9. The Bertz CT molecular complexity index is 1090. The summed E-state index contributed by atoms with van der Waals surface area (Å²) in [6.45, 7) is 3.67. The van der Waals surface area contributed by atoms with Gasteiger partial charge in [0, 0.05) is 16.3 Å². The minimum Gasteiger partial charge on any atom is -0.494 e. The second-order valence-corrected chi connectivity index (χ2v) is 8.71. The van der Waals surface area contributed by atoms with Gasteiger partial charge in [0.1, 0.15) is 10.7 Å². The number of hydrogen-bond donors (Lipinski definition) is 1. The van der Waals surface area contributed by atoms with Crippen molar-refractivity contribution >= 4 is 43.2 Å². The highest BCUT2D eigenvalue weighted by molar-refractivity contribution is 9.10. The van der Waals surface area contributed by atoms with E-state index >= 15 is 0 Å². The number of sulfonamides is 1. The Hall–Kier alpha value is -2.03. The van der Waals surface area contributed by atoms with Crippen molar-refractivity contribution in [2.24, 2.45) is 0 Å². The number of aryl methyl sites for hydroxylation is 2. The van der Waals surface area contributed by atoms with Crippen molar-refractivity contribution in [1.82, 2.24) is 4.98 Å². The summed E-state index contributed by atoms with van der Waals surface area (Å²) in [7, 11) is -2.55. The molecular formula is C18H16BrClN2O4S. The average Bonchev–Trinajstić information content (AvgIpc) is 2.93. The second kappa shape index (κ2) is 7.53. The van der Waals surface area contributed by atoms with Crippen molar-refractivity contribution in [3.63, 3.8) is 0 Å². The van der Waals surface area contributed by atoms with Gasteiger partial charge in [-0.1, -0.05) is 17.7 Å². The van der Waals surface area contributed by atoms with Gasteiger partial charge in [-0.3, -0.25) is 4.72 Å². The molecule has 9 heteroatoms. The van der Waals surface area contributed by atoms with Gasteiger partial charge in [-0.2, -0.15) is 0 Å². The molecule has 0 saturated heterocycles. The molecule has 27 heavy (non-hydrogen) atoms. The van der Waals surface area contributed by atoms with Crippen molar-refractivity contribution in [3.8, 4) is 17.2 Å². The zero-order valence-corrected chi connectivity index (χ0v) is 17.9. The first-order valence-corrected chi connectivity index (χ1v) is 10.5. The smallest absolute Gasteiger partial charge is 0.265 e. The Morgan fingerprint density at radius 3 is 2.59 bits per heavy atom. The second-order valence-electron chi connectivity index (χ2n) is 5.77. The lowest BCUT2D eigenvalue weighted by atomic mass is 10.2. The lowest BCUT2D eigenvalue weighted by Crippen LogP contribution is -2.14. The van der Waals surface area contributed by atoms with Gasteiger partial charge in [-0.25, -0.2) is 13.4 Å². The maximum absolute atomic E-state index is 12.9. The van der Waals surface area contributed by atoms with Crippen LogP contribution in [0.4, 0.5) is 5.69 Å². The molecule has 2 aromatic carbocycles. The van der Waals surface area contributed by atoms with E-state index in [4.69, 9.17) is 20.8 Å². The van der Waals surface area contributed by atoms with Crippen LogP contribution < -0.4 is 9.46 Å². The predicted octanol–water partition coefficient (Wildman–Crippen LogP) is 5.18. The van der Waals surface area contributed by atoms with Gasteiger partial charge < -0.3 is 9.15 Å². The standard InChI is InChI=1S/C18H16BrClN2O4S/c1-10-11(2)26-18(21-10)12-5-4-6-14(7-12)22-27(23,24)16-9-13(20)8-15(19)17(16)25-3/h4-9,22H,1-3H3. The Balaban J connectivity index is 1.99. The summed E-state index contributed by atoms with van der Waals surface area (Å²) < 4.78 is 39.6. The first kappa shape index (κ1) is 19.7. The molecule has 0 amide bonds. The average molecular weight is 472 g/mol. The number of methoxy groups -OCH3 is 1. The van der Waals surface area contributed by atoms with Gasteiger partial charge in [0.15, 0.2) is 5.75 Å². The molecule has 0 unspecified atom stereocenters. The van der Waals surface area contributed by atoms with E-state index in [-0.39, 0.29) is 15.7 Å². The number of nitrogens with one attached hydrogen (secondary N) is 1. The molecule has 0 fully saturated rings. The van der Waals surface area contributed by atoms with Crippen LogP contribution in [0.2, 0.25) is 5.02 Å². The molecule has 0 aliphatic carbocycles. The van der Waals surface area contributed by atoms with E-state index in [1.807, 2.05) is 13.8 Å². The van der Waals surface area contributed by atoms with E-state index < -0.39 is 10.0 Å². The number of halogens is 2. The van der Waals surface area contributed by atoms with E-state index in [9.17, 15) is 8.42 Å². The highest BCUT2D eigenvalue weighted by Gasteiger charge is 2.23. The summed E-state index contributed by atoms with van der Waals surface area (Å²) in [5.74, 6) is 1.31. The summed E-state index contributed by atoms with van der Waals surface area (Å²) in [6, 6.07) is 9.68. The van der Waals surface area contributed by atoms with E-state index in [0.717, 1.165) is 5.69 Å². The molecule has 6 nitrogen and oxygen atoms in total. The maximum atomic E-state index is 12.9. The number of aromatic nitrogens is 1. The van der Waals surface area contributed by atoms with Crippen LogP contribution in [0.1, 0.15) is 11.5 Å². The summed E-state index contributed by atoms with van der Waals surface area (Å²) in [5, 5.41) is 0.266. The minimum absolute atomic E-state index is 0.0717. The number of rotatable bonds is 5. The summed E-state index contributed by atoms with van der Waals surface area (Å²) in [5.41, 5.74) is 1.80. The van der Waals surface area contributed by atoms with Crippen LogP contribution in [0.25, 0.3) is 11.5 Å². The van der Waals surface area contributed by atoms with E-state index in [0.29, 0.717) is 27.4 Å². The fraction of sp³-hybridized carbons (Fsp3) is 0.167. The van der Waals surface area contributed by atoms with Crippen molar-refractivity contribution < 1.29 is 17.6 Å². The Kier molecular flexibility index (Phi) is 5.50. The van der Waals surface area contributed by atoms with E-state index in [1.165, 1.54) is 13.2 Å². The molecule has 1 heterocycles. The topological polar surface area (TPSA) is 81.4 Å². The quantitative estimate of drug-likeness (QED) is 0.554. The zero-order valence-electron chi connectivity index (χ0n) is 14.7. The van der Waals surface area contributed by atoms with E-state index in [2.05, 4.69) is 25.6 Å². The summed E-state index contributed by atoms with van der Waals surface area (Å²) in [6.07, 6.45) is 0. The van der Waals surface area contributed by atoms with Gasteiger partial charge in [0.2, 0.25) is 5.89 Å².